The fourth-order valence-corrected chi connectivity index (χ4v) is 12.8. The van der Waals surface area contributed by atoms with Gasteiger partial charge in [0.2, 0.25) is 70.9 Å². The highest BCUT2D eigenvalue weighted by atomic mass is 16.5. The largest absolute Gasteiger partial charge is 0.492 e. The number of likely N-dealkylation sites (tertiary alicyclic amines) is 1. The Hall–Kier alpha value is -8.16. The summed E-state index contributed by atoms with van der Waals surface area (Å²) in [4.78, 5) is 188. The highest BCUT2D eigenvalue weighted by Gasteiger charge is 2.44. The van der Waals surface area contributed by atoms with Gasteiger partial charge in [0.05, 0.1) is 25.6 Å². The van der Waals surface area contributed by atoms with Crippen molar-refractivity contribution >= 4 is 70.9 Å². The van der Waals surface area contributed by atoms with Gasteiger partial charge in [-0.15, -0.1) is 0 Å². The van der Waals surface area contributed by atoms with E-state index in [1.54, 1.807) is 93.3 Å². The van der Waals surface area contributed by atoms with Gasteiger partial charge < -0.3 is 70.3 Å². The lowest BCUT2D eigenvalue weighted by Gasteiger charge is -2.38. The Morgan fingerprint density at radius 3 is 1.56 bits per heavy atom. The zero-order valence-corrected chi connectivity index (χ0v) is 61.4. The SMILES string of the molecule is CC[C@H]1C(=O)N(C)[C@@H](Cc2ccccc2)C(=O)N[C@@H](C)C(=O)N(C)[C@@H](CC(C)C)C(=O)N(C)[C@@H](CC)C(=O)N[C@@H]([C@@H](C)O)C(=O)N(CCOc2ccccc2)CC(=O)N(C)[C@@H](CC(C)C)C(=O)N[C@H](C(=O)N2CCCCC2)CC(=O)N(C)[C@@H](C(C)C)C(=O)N[C@@H](CC(C)C)C(=O)N1C. The number of benzene rings is 2. The van der Waals surface area contributed by atoms with E-state index < -0.39 is 156 Å². The Morgan fingerprint density at radius 2 is 1.02 bits per heavy atom. The van der Waals surface area contributed by atoms with Crippen molar-refractivity contribution in [3.8, 4) is 5.75 Å². The molecule has 2 aliphatic rings. The lowest BCUT2D eigenvalue weighted by atomic mass is 9.97. The number of aliphatic hydroxyl groups excluding tert-OH is 1. The van der Waals surface area contributed by atoms with Crippen LogP contribution in [0.1, 0.15) is 146 Å². The minimum atomic E-state index is -1.72. The molecule has 2 aromatic rings. The number of piperidine rings is 1. The van der Waals surface area contributed by atoms with Crippen molar-refractivity contribution < 1.29 is 67.4 Å². The van der Waals surface area contributed by atoms with Gasteiger partial charge in [-0.05, 0) is 107 Å². The summed E-state index contributed by atoms with van der Waals surface area (Å²) in [6.07, 6.45) is 0.294. The van der Waals surface area contributed by atoms with E-state index in [4.69, 9.17) is 4.74 Å². The first-order chi connectivity index (χ1) is 46.1. The molecule has 2 fully saturated rings. The maximum atomic E-state index is 15.0. The van der Waals surface area contributed by atoms with Crippen LogP contribution in [0.25, 0.3) is 0 Å². The Balaban J connectivity index is 1.94. The Morgan fingerprint density at radius 1 is 0.520 bits per heavy atom. The van der Waals surface area contributed by atoms with Crippen LogP contribution in [-0.2, 0) is 64.0 Å². The number of hydrogen-bond acceptors (Lipinski definition) is 14. The van der Waals surface area contributed by atoms with Crippen LogP contribution < -0.4 is 26.0 Å². The number of nitrogens with one attached hydrogen (secondary N) is 4. The minimum absolute atomic E-state index is 0.00862. The van der Waals surface area contributed by atoms with E-state index in [-0.39, 0.29) is 69.4 Å². The fraction of sp³-hybridized carbons (Fsp3) is 0.667. The first-order valence-corrected chi connectivity index (χ1v) is 34.8. The van der Waals surface area contributed by atoms with Crippen LogP contribution in [0.5, 0.6) is 5.75 Å². The number of amides is 12. The number of likely N-dealkylation sites (N-methyl/N-ethyl adjacent to an activating group) is 6. The molecule has 2 heterocycles. The van der Waals surface area contributed by atoms with E-state index in [1.165, 1.54) is 75.7 Å². The molecule has 0 unspecified atom stereocenters. The average Bonchev–Trinajstić information content (AvgIpc) is 0.827. The van der Waals surface area contributed by atoms with E-state index in [0.29, 0.717) is 37.2 Å². The molecule has 98 heavy (non-hydrogen) atoms. The van der Waals surface area contributed by atoms with E-state index >= 15 is 14.4 Å². The summed E-state index contributed by atoms with van der Waals surface area (Å²) in [5.74, 6) is -9.36. The highest BCUT2D eigenvalue weighted by molar-refractivity contribution is 6.00. The second-order valence-corrected chi connectivity index (χ2v) is 28.1. The molecule has 11 atom stereocenters. The van der Waals surface area contributed by atoms with Gasteiger partial charge >= 0.3 is 0 Å². The first kappa shape index (κ1) is 82.3. The molecule has 546 valence electrons. The third kappa shape index (κ3) is 23.0. The van der Waals surface area contributed by atoms with E-state index in [1.807, 2.05) is 41.5 Å². The number of carbonyl (C=O) groups is 12. The van der Waals surface area contributed by atoms with Crippen molar-refractivity contribution in [1.82, 2.24) is 60.5 Å². The van der Waals surface area contributed by atoms with Gasteiger partial charge in [0, 0.05) is 61.8 Å². The topological polar surface area (TPSA) is 308 Å². The summed E-state index contributed by atoms with van der Waals surface area (Å²) in [5.41, 5.74) is 0.667. The summed E-state index contributed by atoms with van der Waals surface area (Å²) in [7, 11) is 8.44. The van der Waals surface area contributed by atoms with Gasteiger partial charge in [0.25, 0.3) is 0 Å². The number of para-hydroxylation sites is 1. The minimum Gasteiger partial charge on any atom is -0.492 e. The van der Waals surface area contributed by atoms with Gasteiger partial charge in [-0.3, -0.25) is 57.5 Å². The van der Waals surface area contributed by atoms with E-state index in [2.05, 4.69) is 21.3 Å². The second kappa shape index (κ2) is 38.8. The Labute approximate surface area is 580 Å². The van der Waals surface area contributed by atoms with Crippen molar-refractivity contribution in [2.75, 3.05) is 75.1 Å². The Kier molecular flexibility index (Phi) is 32.6. The average molecular weight is 1370 g/mol. The second-order valence-electron chi connectivity index (χ2n) is 28.1. The predicted octanol–water partition coefficient (Wildman–Crippen LogP) is 3.47. The molecule has 0 bridgehead atoms. The zero-order valence-electron chi connectivity index (χ0n) is 61.4. The molecular weight excluding hydrogens is 1260 g/mol. The van der Waals surface area contributed by atoms with Crippen LogP contribution in [-0.4, -0.2) is 257 Å². The molecule has 5 N–H and O–H groups in total. The third-order valence-corrected chi connectivity index (χ3v) is 18.5. The number of nitrogens with zero attached hydrogens (tertiary/aromatic N) is 8. The van der Waals surface area contributed by atoms with Crippen LogP contribution in [0.15, 0.2) is 60.7 Å². The molecule has 2 aliphatic heterocycles. The molecule has 0 saturated carbocycles. The van der Waals surface area contributed by atoms with Crippen molar-refractivity contribution in [2.45, 2.75) is 214 Å². The fourth-order valence-electron chi connectivity index (χ4n) is 12.8. The molecule has 4 rings (SSSR count). The van der Waals surface area contributed by atoms with Crippen LogP contribution in [0, 0.1) is 23.7 Å². The highest BCUT2D eigenvalue weighted by Crippen LogP contribution is 2.23. The molecular formula is C72H114N12O14. The van der Waals surface area contributed by atoms with Gasteiger partial charge in [0.15, 0.2) is 0 Å². The van der Waals surface area contributed by atoms with Crippen LogP contribution >= 0.6 is 0 Å². The smallest absolute Gasteiger partial charge is 0.248 e. The summed E-state index contributed by atoms with van der Waals surface area (Å²) < 4.78 is 5.99. The molecule has 12 amide bonds. The van der Waals surface area contributed by atoms with Crippen molar-refractivity contribution in [2.24, 2.45) is 23.7 Å². The van der Waals surface area contributed by atoms with Gasteiger partial charge in [-0.1, -0.05) is 118 Å². The van der Waals surface area contributed by atoms with E-state index in [9.17, 15) is 48.3 Å². The summed E-state index contributed by atoms with van der Waals surface area (Å²) in [6, 6.07) is 4.34. The van der Waals surface area contributed by atoms with Gasteiger partial charge in [-0.25, -0.2) is 0 Å². The molecule has 2 aromatic carbocycles. The molecule has 26 nitrogen and oxygen atoms in total. The number of hydrogen-bond donors (Lipinski definition) is 5. The summed E-state index contributed by atoms with van der Waals surface area (Å²) >= 11 is 0. The maximum Gasteiger partial charge on any atom is 0.248 e. The van der Waals surface area contributed by atoms with Crippen molar-refractivity contribution in [3.63, 3.8) is 0 Å². The van der Waals surface area contributed by atoms with Crippen molar-refractivity contribution in [1.29, 1.82) is 0 Å². The number of carbonyl (C=O) groups excluding carboxylic acids is 12. The summed E-state index contributed by atoms with van der Waals surface area (Å²) in [6.45, 7) is 20.1. The van der Waals surface area contributed by atoms with Crippen LogP contribution in [0.4, 0.5) is 0 Å². The van der Waals surface area contributed by atoms with E-state index in [0.717, 1.165) is 21.1 Å². The third-order valence-electron chi connectivity index (χ3n) is 18.5. The predicted molar refractivity (Wildman–Crippen MR) is 372 cm³/mol. The number of ether oxygens (including phenoxy) is 1. The van der Waals surface area contributed by atoms with Gasteiger partial charge in [0.1, 0.15) is 72.8 Å². The number of rotatable bonds is 17. The lowest BCUT2D eigenvalue weighted by Crippen LogP contribution is -2.62. The molecule has 0 radical (unpaired) electrons. The molecule has 2 saturated heterocycles. The zero-order chi connectivity index (χ0) is 73.6. The van der Waals surface area contributed by atoms with Crippen LogP contribution in [0.3, 0.4) is 0 Å². The molecule has 0 aromatic heterocycles. The monoisotopic (exact) mass is 1370 g/mol. The molecule has 0 aliphatic carbocycles. The summed E-state index contributed by atoms with van der Waals surface area (Å²) in [5, 5.41) is 22.6. The molecule has 0 spiro atoms. The number of aliphatic hydroxyl groups is 1. The van der Waals surface area contributed by atoms with Crippen LogP contribution in [0.2, 0.25) is 0 Å². The quantitative estimate of drug-likeness (QED) is 0.152. The molecule has 26 heteroatoms. The van der Waals surface area contributed by atoms with Crippen molar-refractivity contribution in [3.05, 3.63) is 66.2 Å². The lowest BCUT2D eigenvalue weighted by molar-refractivity contribution is -0.151. The normalized spacial score (nSPS) is 25.3. The van der Waals surface area contributed by atoms with Gasteiger partial charge in [-0.2, -0.15) is 0 Å². The standard InChI is InChI=1S/C72H114N12O14/c1-19-54-63(88)76-61(49(12)85)72(97)84(36-37-98-51-32-26-22-27-33-51)43-60(87)77(13)56(39-45(5)6)65(90)74-53(69(94)83-34-28-23-29-35-83)42-59(86)82(18)62(47(9)10)66(91)75-52(38-44(3)4)68(93)79(15)55(20-2)70(95)80(16)57(41-50-30-24-21-25-31-50)64(89)73-48(11)67(92)81(17)58(40-46(7)8)71(96)78(54)14/h21-22,24-27,30-33,44-49,52-58,61-62,85H,19-20,23,28-29,34-43H2,1-18H3,(H,73,89)(H,74,90)(H,75,91)(H,76,88)/t48-,49+,52-,53-,54-,55-,56-,57-,58-,61-,62-/m0/s1. The Bertz CT molecular complexity index is 3020. The first-order valence-electron chi connectivity index (χ1n) is 34.8. The maximum absolute atomic E-state index is 15.0.